The fourth-order valence-electron chi connectivity index (χ4n) is 1.98. The molecule has 0 spiro atoms. The lowest BCUT2D eigenvalue weighted by Gasteiger charge is -2.20. The van der Waals surface area contributed by atoms with E-state index in [9.17, 15) is 4.79 Å². The number of carbonyl (C=O) groups excluding carboxylic acids is 1. The van der Waals surface area contributed by atoms with E-state index in [1.165, 1.54) is 0 Å². The van der Waals surface area contributed by atoms with E-state index in [4.69, 9.17) is 17.3 Å². The van der Waals surface area contributed by atoms with E-state index in [1.807, 2.05) is 31.1 Å². The summed E-state index contributed by atoms with van der Waals surface area (Å²) in [7, 11) is 3.78. The van der Waals surface area contributed by atoms with Crippen LogP contribution in [0.4, 0.5) is 11.4 Å². The van der Waals surface area contributed by atoms with Crippen LogP contribution in [0.2, 0.25) is 5.02 Å². The van der Waals surface area contributed by atoms with Gasteiger partial charge in [-0.3, -0.25) is 4.79 Å². The van der Waals surface area contributed by atoms with Crippen LogP contribution in [0.25, 0.3) is 0 Å². The summed E-state index contributed by atoms with van der Waals surface area (Å²) in [6, 6.07) is 5.36. The topological polar surface area (TPSA) is 58.4 Å². The minimum absolute atomic E-state index is 0.0775. The third-order valence-corrected chi connectivity index (χ3v) is 3.12. The Morgan fingerprint density at radius 1 is 1.47 bits per heavy atom. The molecule has 1 amide bonds. The van der Waals surface area contributed by atoms with Gasteiger partial charge < -0.3 is 16.0 Å². The van der Waals surface area contributed by atoms with Crippen LogP contribution in [0.15, 0.2) is 18.2 Å². The number of para-hydroxylation sites is 1. The van der Waals surface area contributed by atoms with E-state index in [1.54, 1.807) is 6.07 Å². The minimum atomic E-state index is -0.0907. The molecule has 0 fully saturated rings. The molecule has 0 saturated heterocycles. The first-order chi connectivity index (χ1) is 8.95. The van der Waals surface area contributed by atoms with Gasteiger partial charge in [0.15, 0.2) is 0 Å². The van der Waals surface area contributed by atoms with Crippen molar-refractivity contribution in [1.82, 2.24) is 0 Å². The molecular formula is C14H22ClN3O. The second kappa shape index (κ2) is 7.36. The Kier molecular flexibility index (Phi) is 6.12. The first kappa shape index (κ1) is 15.8. The molecule has 0 aliphatic heterocycles. The molecule has 1 aromatic rings. The second-order valence-corrected chi connectivity index (χ2v) is 5.24. The molecule has 1 aromatic carbocycles. The highest BCUT2D eigenvalue weighted by molar-refractivity contribution is 6.34. The number of benzene rings is 1. The number of rotatable bonds is 6. The van der Waals surface area contributed by atoms with Crippen LogP contribution in [0.1, 0.15) is 26.2 Å². The van der Waals surface area contributed by atoms with Gasteiger partial charge in [0.05, 0.1) is 16.4 Å². The Bertz CT molecular complexity index is 435. The van der Waals surface area contributed by atoms with Crippen molar-refractivity contribution in [3.8, 4) is 0 Å². The van der Waals surface area contributed by atoms with Crippen LogP contribution in [-0.4, -0.2) is 26.0 Å². The highest BCUT2D eigenvalue weighted by Gasteiger charge is 2.13. The first-order valence-electron chi connectivity index (χ1n) is 6.47. The Hall–Kier alpha value is -1.26. The fourth-order valence-corrected chi connectivity index (χ4v) is 2.33. The summed E-state index contributed by atoms with van der Waals surface area (Å²) in [4.78, 5) is 13.8. The van der Waals surface area contributed by atoms with Crippen LogP contribution >= 0.6 is 11.6 Å². The van der Waals surface area contributed by atoms with Crippen molar-refractivity contribution in [2.75, 3.05) is 24.3 Å². The lowest BCUT2D eigenvalue weighted by Crippen LogP contribution is -2.27. The summed E-state index contributed by atoms with van der Waals surface area (Å²) in [6.07, 6.45) is 2.16. The van der Waals surface area contributed by atoms with Crippen LogP contribution in [0.5, 0.6) is 0 Å². The summed E-state index contributed by atoms with van der Waals surface area (Å²) in [5.74, 6) is -0.0775. The normalized spacial score (nSPS) is 12.1. The van der Waals surface area contributed by atoms with E-state index in [-0.39, 0.29) is 11.9 Å². The molecule has 0 saturated carbocycles. The Labute approximate surface area is 119 Å². The van der Waals surface area contributed by atoms with Gasteiger partial charge in [-0.05, 0) is 18.6 Å². The van der Waals surface area contributed by atoms with E-state index in [0.717, 1.165) is 18.5 Å². The molecule has 1 rings (SSSR count). The SMILES string of the molecule is CCCC(N)CC(=O)Nc1cccc(Cl)c1N(C)C. The lowest BCUT2D eigenvalue weighted by molar-refractivity contribution is -0.116. The molecule has 0 bridgehead atoms. The molecule has 0 heterocycles. The third kappa shape index (κ3) is 4.73. The molecule has 0 radical (unpaired) electrons. The number of hydrogen-bond acceptors (Lipinski definition) is 3. The van der Waals surface area contributed by atoms with Crippen molar-refractivity contribution in [1.29, 1.82) is 0 Å². The third-order valence-electron chi connectivity index (χ3n) is 2.82. The first-order valence-corrected chi connectivity index (χ1v) is 6.84. The van der Waals surface area contributed by atoms with E-state index in [0.29, 0.717) is 17.1 Å². The molecule has 0 aliphatic rings. The zero-order chi connectivity index (χ0) is 14.4. The van der Waals surface area contributed by atoms with E-state index < -0.39 is 0 Å². The smallest absolute Gasteiger partial charge is 0.225 e. The Balaban J connectivity index is 2.77. The molecule has 0 aromatic heterocycles. The van der Waals surface area contributed by atoms with Gasteiger partial charge in [0.1, 0.15) is 0 Å². The van der Waals surface area contributed by atoms with Gasteiger partial charge in [0.2, 0.25) is 5.91 Å². The molecule has 106 valence electrons. The molecule has 1 atom stereocenters. The Morgan fingerprint density at radius 3 is 2.74 bits per heavy atom. The quantitative estimate of drug-likeness (QED) is 0.844. The number of carbonyl (C=O) groups is 1. The molecular weight excluding hydrogens is 262 g/mol. The monoisotopic (exact) mass is 283 g/mol. The zero-order valence-corrected chi connectivity index (χ0v) is 12.5. The fraction of sp³-hybridized carbons (Fsp3) is 0.500. The summed E-state index contributed by atoms with van der Waals surface area (Å²) < 4.78 is 0. The van der Waals surface area contributed by atoms with Crippen LogP contribution in [-0.2, 0) is 4.79 Å². The van der Waals surface area contributed by atoms with Crippen molar-refractivity contribution in [3.05, 3.63) is 23.2 Å². The lowest BCUT2D eigenvalue weighted by atomic mass is 10.1. The van der Waals surface area contributed by atoms with Crippen molar-refractivity contribution >= 4 is 28.9 Å². The van der Waals surface area contributed by atoms with Crippen LogP contribution in [0, 0.1) is 0 Å². The van der Waals surface area contributed by atoms with Gasteiger partial charge in [-0.25, -0.2) is 0 Å². The molecule has 5 heteroatoms. The number of hydrogen-bond donors (Lipinski definition) is 2. The van der Waals surface area contributed by atoms with Crippen molar-refractivity contribution in [2.45, 2.75) is 32.2 Å². The van der Waals surface area contributed by atoms with Crippen molar-refractivity contribution < 1.29 is 4.79 Å². The maximum Gasteiger partial charge on any atom is 0.225 e. The van der Waals surface area contributed by atoms with E-state index in [2.05, 4.69) is 12.2 Å². The number of nitrogens with two attached hydrogens (primary N) is 1. The maximum atomic E-state index is 11.9. The maximum absolute atomic E-state index is 11.9. The molecule has 4 nitrogen and oxygen atoms in total. The second-order valence-electron chi connectivity index (χ2n) is 4.83. The summed E-state index contributed by atoms with van der Waals surface area (Å²) in [6.45, 7) is 2.05. The number of amides is 1. The number of halogens is 1. The van der Waals surface area contributed by atoms with Gasteiger partial charge in [0, 0.05) is 26.6 Å². The van der Waals surface area contributed by atoms with Crippen LogP contribution < -0.4 is 16.0 Å². The zero-order valence-electron chi connectivity index (χ0n) is 11.7. The number of nitrogens with zero attached hydrogens (tertiary/aromatic N) is 1. The minimum Gasteiger partial charge on any atom is -0.375 e. The standard InChI is InChI=1S/C14H22ClN3O/c1-4-6-10(16)9-13(19)17-12-8-5-7-11(15)14(12)18(2)3/h5,7-8,10H,4,6,9,16H2,1-3H3,(H,17,19). The largest absolute Gasteiger partial charge is 0.375 e. The number of nitrogens with one attached hydrogen (secondary N) is 1. The summed E-state index contributed by atoms with van der Waals surface area (Å²) in [5.41, 5.74) is 7.39. The predicted molar refractivity (Wildman–Crippen MR) is 81.9 cm³/mol. The molecule has 1 unspecified atom stereocenters. The number of anilines is 2. The van der Waals surface area contributed by atoms with Gasteiger partial charge in [-0.15, -0.1) is 0 Å². The van der Waals surface area contributed by atoms with Crippen molar-refractivity contribution in [3.63, 3.8) is 0 Å². The van der Waals surface area contributed by atoms with Crippen molar-refractivity contribution in [2.24, 2.45) is 5.73 Å². The molecule has 0 aliphatic carbocycles. The average molecular weight is 284 g/mol. The Morgan fingerprint density at radius 2 is 2.16 bits per heavy atom. The highest BCUT2D eigenvalue weighted by atomic mass is 35.5. The van der Waals surface area contributed by atoms with Gasteiger partial charge in [0.25, 0.3) is 0 Å². The summed E-state index contributed by atoms with van der Waals surface area (Å²) in [5, 5.41) is 3.49. The molecule has 3 N–H and O–H groups in total. The van der Waals surface area contributed by atoms with Gasteiger partial charge >= 0.3 is 0 Å². The van der Waals surface area contributed by atoms with Crippen LogP contribution in [0.3, 0.4) is 0 Å². The molecule has 19 heavy (non-hydrogen) atoms. The highest BCUT2D eigenvalue weighted by Crippen LogP contribution is 2.32. The van der Waals surface area contributed by atoms with Gasteiger partial charge in [-0.2, -0.15) is 0 Å². The van der Waals surface area contributed by atoms with Gasteiger partial charge in [-0.1, -0.05) is 31.0 Å². The van der Waals surface area contributed by atoms with E-state index >= 15 is 0 Å². The predicted octanol–water partition coefficient (Wildman–Crippen LogP) is 2.86. The summed E-state index contributed by atoms with van der Waals surface area (Å²) >= 11 is 6.15. The average Bonchev–Trinajstić information content (AvgIpc) is 2.28.